The van der Waals surface area contributed by atoms with E-state index in [4.69, 9.17) is 9.47 Å². The summed E-state index contributed by atoms with van der Waals surface area (Å²) < 4.78 is 10.4. The molecule has 0 spiro atoms. The van der Waals surface area contributed by atoms with Crippen molar-refractivity contribution >= 4 is 17.3 Å². The van der Waals surface area contributed by atoms with Gasteiger partial charge in [-0.05, 0) is 66.1 Å². The normalized spacial score (nSPS) is 10.3. The minimum absolute atomic E-state index is 0.0473. The van der Waals surface area contributed by atoms with Crippen LogP contribution in [0.2, 0.25) is 0 Å². The molecule has 0 heterocycles. The zero-order chi connectivity index (χ0) is 20.5. The molecule has 0 saturated heterocycles. The number of carbonyl (C=O) groups is 1. The Kier molecular flexibility index (Phi) is 7.11. The second kappa shape index (κ2) is 10.2. The second-order valence-corrected chi connectivity index (χ2v) is 6.68. The van der Waals surface area contributed by atoms with Crippen LogP contribution >= 0.6 is 0 Å². The van der Waals surface area contributed by atoms with Crippen LogP contribution in [0.4, 0.5) is 11.4 Å². The topological polar surface area (TPSA) is 59.6 Å². The Labute approximate surface area is 171 Å². The third-order valence-corrected chi connectivity index (χ3v) is 4.57. The van der Waals surface area contributed by atoms with E-state index in [2.05, 4.69) is 16.7 Å². The molecule has 3 rings (SSSR count). The SMILES string of the molecule is COc1ccc(CC(=O)Nc2ccc(NCCc3cccc(OC)c3)cc2)cc1. The van der Waals surface area contributed by atoms with Gasteiger partial charge >= 0.3 is 0 Å². The number of nitrogens with one attached hydrogen (secondary N) is 2. The van der Waals surface area contributed by atoms with Gasteiger partial charge in [-0.15, -0.1) is 0 Å². The molecule has 0 aliphatic carbocycles. The summed E-state index contributed by atoms with van der Waals surface area (Å²) in [6, 6.07) is 23.3. The first-order valence-electron chi connectivity index (χ1n) is 9.56. The Bertz CT molecular complexity index is 922. The molecule has 0 radical (unpaired) electrons. The van der Waals surface area contributed by atoms with E-state index in [1.54, 1.807) is 14.2 Å². The summed E-state index contributed by atoms with van der Waals surface area (Å²) >= 11 is 0. The molecule has 0 aliphatic heterocycles. The van der Waals surface area contributed by atoms with Gasteiger partial charge < -0.3 is 20.1 Å². The van der Waals surface area contributed by atoms with Crippen molar-refractivity contribution < 1.29 is 14.3 Å². The fourth-order valence-corrected chi connectivity index (χ4v) is 2.98. The number of hydrogen-bond donors (Lipinski definition) is 2. The summed E-state index contributed by atoms with van der Waals surface area (Å²) in [6.45, 7) is 0.816. The van der Waals surface area contributed by atoms with Crippen LogP contribution in [0.25, 0.3) is 0 Å². The zero-order valence-corrected chi connectivity index (χ0v) is 16.8. The standard InChI is InChI=1S/C24H26N2O3/c1-28-22-12-6-19(7-13-22)17-24(27)26-21-10-8-20(9-11-21)25-15-14-18-4-3-5-23(16-18)29-2/h3-13,16,25H,14-15,17H2,1-2H3,(H,26,27). The molecule has 5 heteroatoms. The van der Waals surface area contributed by atoms with Crippen LogP contribution in [-0.2, 0) is 17.6 Å². The molecular formula is C24H26N2O3. The zero-order valence-electron chi connectivity index (χ0n) is 16.8. The molecule has 29 heavy (non-hydrogen) atoms. The van der Waals surface area contributed by atoms with Crippen LogP contribution in [0.1, 0.15) is 11.1 Å². The van der Waals surface area contributed by atoms with Gasteiger partial charge in [0.15, 0.2) is 0 Å². The molecule has 0 unspecified atom stereocenters. The lowest BCUT2D eigenvalue weighted by molar-refractivity contribution is -0.115. The number of ether oxygens (including phenoxy) is 2. The number of benzene rings is 3. The maximum absolute atomic E-state index is 12.2. The predicted octanol–water partition coefficient (Wildman–Crippen LogP) is 4.54. The highest BCUT2D eigenvalue weighted by Crippen LogP contribution is 2.16. The van der Waals surface area contributed by atoms with Crippen LogP contribution in [0.15, 0.2) is 72.8 Å². The molecule has 1 amide bonds. The Morgan fingerprint density at radius 1 is 0.793 bits per heavy atom. The highest BCUT2D eigenvalue weighted by molar-refractivity contribution is 5.92. The van der Waals surface area contributed by atoms with E-state index < -0.39 is 0 Å². The molecule has 5 nitrogen and oxygen atoms in total. The molecule has 3 aromatic rings. The lowest BCUT2D eigenvalue weighted by Gasteiger charge is -2.10. The molecule has 2 N–H and O–H groups in total. The van der Waals surface area contributed by atoms with Crippen LogP contribution in [0.3, 0.4) is 0 Å². The first kappa shape index (κ1) is 20.3. The summed E-state index contributed by atoms with van der Waals surface area (Å²) in [7, 11) is 3.30. The molecule has 0 atom stereocenters. The molecule has 0 aliphatic rings. The minimum Gasteiger partial charge on any atom is -0.497 e. The third-order valence-electron chi connectivity index (χ3n) is 4.57. The lowest BCUT2D eigenvalue weighted by atomic mass is 10.1. The number of amides is 1. The fraction of sp³-hybridized carbons (Fsp3) is 0.208. The van der Waals surface area contributed by atoms with Crippen LogP contribution in [0, 0.1) is 0 Å². The number of rotatable bonds is 9. The first-order valence-corrected chi connectivity index (χ1v) is 9.56. The van der Waals surface area contributed by atoms with E-state index in [0.29, 0.717) is 6.42 Å². The van der Waals surface area contributed by atoms with Crippen molar-refractivity contribution in [1.29, 1.82) is 0 Å². The number of methoxy groups -OCH3 is 2. The monoisotopic (exact) mass is 390 g/mol. The summed E-state index contributed by atoms with van der Waals surface area (Å²) in [5.41, 5.74) is 3.96. The van der Waals surface area contributed by atoms with Crippen LogP contribution < -0.4 is 20.1 Å². The summed E-state index contributed by atoms with van der Waals surface area (Å²) in [6.07, 6.45) is 1.22. The largest absolute Gasteiger partial charge is 0.497 e. The van der Waals surface area contributed by atoms with E-state index >= 15 is 0 Å². The van der Waals surface area contributed by atoms with E-state index in [-0.39, 0.29) is 5.91 Å². The predicted molar refractivity (Wildman–Crippen MR) is 117 cm³/mol. The van der Waals surface area contributed by atoms with E-state index in [1.165, 1.54) is 5.56 Å². The quantitative estimate of drug-likeness (QED) is 0.563. The van der Waals surface area contributed by atoms with Gasteiger partial charge in [0.1, 0.15) is 11.5 Å². The van der Waals surface area contributed by atoms with E-state index in [1.807, 2.05) is 66.7 Å². The third kappa shape index (κ3) is 6.28. The smallest absolute Gasteiger partial charge is 0.228 e. The van der Waals surface area contributed by atoms with Gasteiger partial charge in [0.05, 0.1) is 20.6 Å². The molecule has 150 valence electrons. The highest BCUT2D eigenvalue weighted by atomic mass is 16.5. The Hall–Kier alpha value is -3.47. The molecule has 0 bridgehead atoms. The van der Waals surface area contributed by atoms with Gasteiger partial charge in [0.2, 0.25) is 5.91 Å². The molecular weight excluding hydrogens is 364 g/mol. The van der Waals surface area contributed by atoms with Crippen molar-refractivity contribution in [3.05, 3.63) is 83.9 Å². The lowest BCUT2D eigenvalue weighted by Crippen LogP contribution is -2.14. The molecule has 3 aromatic carbocycles. The second-order valence-electron chi connectivity index (χ2n) is 6.68. The van der Waals surface area contributed by atoms with Gasteiger partial charge in [-0.3, -0.25) is 4.79 Å². The highest BCUT2D eigenvalue weighted by Gasteiger charge is 2.05. The Morgan fingerprint density at radius 2 is 1.48 bits per heavy atom. The average Bonchev–Trinajstić information content (AvgIpc) is 2.75. The minimum atomic E-state index is -0.0473. The van der Waals surface area contributed by atoms with Gasteiger partial charge in [-0.25, -0.2) is 0 Å². The van der Waals surface area contributed by atoms with Gasteiger partial charge in [0.25, 0.3) is 0 Å². The van der Waals surface area contributed by atoms with Gasteiger partial charge in [-0.2, -0.15) is 0 Å². The van der Waals surface area contributed by atoms with Crippen molar-refractivity contribution in [3.8, 4) is 11.5 Å². The number of hydrogen-bond acceptors (Lipinski definition) is 4. The van der Waals surface area contributed by atoms with E-state index in [9.17, 15) is 4.79 Å². The van der Waals surface area contributed by atoms with Gasteiger partial charge in [0, 0.05) is 17.9 Å². The summed E-state index contributed by atoms with van der Waals surface area (Å²) in [5, 5.41) is 6.33. The van der Waals surface area contributed by atoms with Crippen LogP contribution in [-0.4, -0.2) is 26.7 Å². The maximum atomic E-state index is 12.2. The Morgan fingerprint density at radius 3 is 2.17 bits per heavy atom. The van der Waals surface area contributed by atoms with Crippen molar-refractivity contribution in [2.75, 3.05) is 31.4 Å². The molecule has 0 fully saturated rings. The summed E-state index contributed by atoms with van der Waals surface area (Å²) in [4.78, 5) is 12.2. The van der Waals surface area contributed by atoms with E-state index in [0.717, 1.165) is 41.4 Å². The maximum Gasteiger partial charge on any atom is 0.228 e. The van der Waals surface area contributed by atoms with Crippen molar-refractivity contribution in [1.82, 2.24) is 0 Å². The number of anilines is 2. The molecule has 0 aromatic heterocycles. The Balaban J connectivity index is 1.45. The van der Waals surface area contributed by atoms with Crippen LogP contribution in [0.5, 0.6) is 11.5 Å². The molecule has 0 saturated carbocycles. The van der Waals surface area contributed by atoms with Crippen molar-refractivity contribution in [2.24, 2.45) is 0 Å². The van der Waals surface area contributed by atoms with Gasteiger partial charge in [-0.1, -0.05) is 24.3 Å². The van der Waals surface area contributed by atoms with Crippen molar-refractivity contribution in [3.63, 3.8) is 0 Å². The fourth-order valence-electron chi connectivity index (χ4n) is 2.98. The number of carbonyl (C=O) groups excluding carboxylic acids is 1. The summed E-state index contributed by atoms with van der Waals surface area (Å²) in [5.74, 6) is 1.61. The van der Waals surface area contributed by atoms with Crippen molar-refractivity contribution in [2.45, 2.75) is 12.8 Å². The average molecular weight is 390 g/mol. The first-order chi connectivity index (χ1) is 14.2.